The number of nitro groups is 1. The molecule has 0 spiro atoms. The van der Waals surface area contributed by atoms with Crippen molar-refractivity contribution in [2.24, 2.45) is 0 Å². The highest BCUT2D eigenvalue weighted by Gasteiger charge is 2.20. The van der Waals surface area contributed by atoms with Gasteiger partial charge in [-0.05, 0) is 18.2 Å². The van der Waals surface area contributed by atoms with Crippen LogP contribution in [0.15, 0.2) is 47.0 Å². The molecule has 144 valence electrons. The van der Waals surface area contributed by atoms with Crippen LogP contribution in [0.5, 0.6) is 11.5 Å². The zero-order chi connectivity index (χ0) is 20.1. The van der Waals surface area contributed by atoms with E-state index in [0.717, 1.165) is 6.07 Å². The minimum atomic E-state index is -0.643. The fraction of sp³-hybridized carbons (Fsp3) is 0.167. The zero-order valence-corrected chi connectivity index (χ0v) is 14.9. The van der Waals surface area contributed by atoms with Crippen molar-refractivity contribution in [3.8, 4) is 22.9 Å². The van der Waals surface area contributed by atoms with E-state index in [4.69, 9.17) is 14.0 Å². The summed E-state index contributed by atoms with van der Waals surface area (Å²) < 4.78 is 20.5. The third-order valence-corrected chi connectivity index (χ3v) is 3.74. The normalized spacial score (nSPS) is 10.4. The Morgan fingerprint density at radius 3 is 2.68 bits per heavy atom. The second-order valence-electron chi connectivity index (χ2n) is 5.43. The Bertz CT molecular complexity index is 1020. The Balaban J connectivity index is 1.82. The number of hydrogen-bond acceptors (Lipinski definition) is 9. The first-order chi connectivity index (χ1) is 13.5. The molecule has 0 amide bonds. The van der Waals surface area contributed by atoms with Crippen LogP contribution in [0.2, 0.25) is 0 Å². The smallest absolute Gasteiger partial charge is 0.337 e. The van der Waals surface area contributed by atoms with Gasteiger partial charge in [-0.3, -0.25) is 10.1 Å². The predicted octanol–water partition coefficient (Wildman–Crippen LogP) is 3.02. The molecule has 0 aliphatic carbocycles. The van der Waals surface area contributed by atoms with Crippen molar-refractivity contribution in [3.63, 3.8) is 0 Å². The number of rotatable bonds is 7. The summed E-state index contributed by atoms with van der Waals surface area (Å²) in [7, 11) is 2.73. The van der Waals surface area contributed by atoms with Crippen molar-refractivity contribution in [3.05, 3.63) is 64.0 Å². The number of ether oxygens (including phenoxy) is 3. The molecule has 3 aromatic rings. The number of methoxy groups -OCH3 is 2. The predicted molar refractivity (Wildman–Crippen MR) is 95.1 cm³/mol. The third-order valence-electron chi connectivity index (χ3n) is 3.74. The third kappa shape index (κ3) is 3.90. The summed E-state index contributed by atoms with van der Waals surface area (Å²) in [5.74, 6) is 0.186. The van der Waals surface area contributed by atoms with Crippen molar-refractivity contribution < 1.29 is 28.5 Å². The van der Waals surface area contributed by atoms with Crippen LogP contribution in [-0.4, -0.2) is 35.3 Å². The highest BCUT2D eigenvalue weighted by Crippen LogP contribution is 2.30. The van der Waals surface area contributed by atoms with Gasteiger partial charge in [0, 0.05) is 12.1 Å². The first-order valence-electron chi connectivity index (χ1n) is 7.99. The van der Waals surface area contributed by atoms with Crippen molar-refractivity contribution in [2.75, 3.05) is 14.2 Å². The molecular weight excluding hydrogens is 370 g/mol. The molecule has 0 aliphatic rings. The first kappa shape index (κ1) is 18.8. The summed E-state index contributed by atoms with van der Waals surface area (Å²) in [4.78, 5) is 26.4. The van der Waals surface area contributed by atoms with E-state index in [1.165, 1.54) is 26.4 Å². The average molecular weight is 385 g/mol. The van der Waals surface area contributed by atoms with Gasteiger partial charge in [-0.2, -0.15) is 4.98 Å². The van der Waals surface area contributed by atoms with E-state index in [9.17, 15) is 14.9 Å². The molecule has 0 N–H and O–H groups in total. The largest absolute Gasteiger partial charge is 0.496 e. The molecule has 0 atom stereocenters. The minimum Gasteiger partial charge on any atom is -0.496 e. The van der Waals surface area contributed by atoms with Gasteiger partial charge in [-0.1, -0.05) is 17.3 Å². The minimum absolute atomic E-state index is 0.0960. The molecule has 1 heterocycles. The number of hydrogen-bond donors (Lipinski definition) is 0. The molecule has 0 unspecified atom stereocenters. The Hall–Kier alpha value is -3.95. The van der Waals surface area contributed by atoms with E-state index in [1.54, 1.807) is 24.3 Å². The van der Waals surface area contributed by atoms with Gasteiger partial charge in [0.2, 0.25) is 5.82 Å². The van der Waals surface area contributed by atoms with Crippen LogP contribution < -0.4 is 9.47 Å². The fourth-order valence-corrected chi connectivity index (χ4v) is 2.42. The van der Waals surface area contributed by atoms with Crippen molar-refractivity contribution in [1.82, 2.24) is 10.1 Å². The highest BCUT2D eigenvalue weighted by molar-refractivity contribution is 5.90. The maximum absolute atomic E-state index is 11.6. The van der Waals surface area contributed by atoms with Gasteiger partial charge in [-0.25, -0.2) is 4.79 Å². The lowest BCUT2D eigenvalue weighted by molar-refractivity contribution is -0.386. The molecule has 0 saturated heterocycles. The number of carbonyl (C=O) groups excluding carboxylic acids is 1. The van der Waals surface area contributed by atoms with Gasteiger partial charge in [0.1, 0.15) is 5.75 Å². The SMILES string of the molecule is COC(=O)c1ccc([N+](=O)[O-])c(OCc2nc(-c3ccccc3OC)no2)c1. The molecule has 0 radical (unpaired) electrons. The Labute approximate surface area is 158 Å². The number of aromatic nitrogens is 2. The number of nitro benzene ring substituents is 1. The summed E-state index contributed by atoms with van der Waals surface area (Å²) >= 11 is 0. The summed E-state index contributed by atoms with van der Waals surface area (Å²) in [6.45, 7) is -0.229. The quantitative estimate of drug-likeness (QED) is 0.342. The average Bonchev–Trinajstić information content (AvgIpc) is 3.20. The zero-order valence-electron chi connectivity index (χ0n) is 14.9. The van der Waals surface area contributed by atoms with Gasteiger partial charge in [0.05, 0.1) is 30.3 Å². The molecule has 0 saturated carbocycles. The molecule has 0 bridgehead atoms. The Morgan fingerprint density at radius 2 is 1.96 bits per heavy atom. The van der Waals surface area contributed by atoms with Gasteiger partial charge < -0.3 is 18.7 Å². The topological polar surface area (TPSA) is 127 Å². The van der Waals surface area contributed by atoms with Crippen LogP contribution in [0.4, 0.5) is 5.69 Å². The second kappa shape index (κ2) is 8.16. The number of para-hydroxylation sites is 1. The van der Waals surface area contributed by atoms with Crippen molar-refractivity contribution in [1.29, 1.82) is 0 Å². The summed E-state index contributed by atoms with van der Waals surface area (Å²) in [5.41, 5.74) is 0.430. The lowest BCUT2D eigenvalue weighted by atomic mass is 10.2. The van der Waals surface area contributed by atoms with Gasteiger partial charge in [-0.15, -0.1) is 0 Å². The van der Waals surface area contributed by atoms with E-state index in [0.29, 0.717) is 11.3 Å². The van der Waals surface area contributed by atoms with Crippen molar-refractivity contribution >= 4 is 11.7 Å². The Morgan fingerprint density at radius 1 is 1.18 bits per heavy atom. The van der Waals surface area contributed by atoms with E-state index >= 15 is 0 Å². The number of carbonyl (C=O) groups is 1. The van der Waals surface area contributed by atoms with Crippen LogP contribution in [-0.2, 0) is 11.3 Å². The maximum Gasteiger partial charge on any atom is 0.337 e. The molecule has 10 nitrogen and oxygen atoms in total. The first-order valence-corrected chi connectivity index (χ1v) is 7.99. The fourth-order valence-electron chi connectivity index (χ4n) is 2.42. The molecule has 2 aromatic carbocycles. The van der Waals surface area contributed by atoms with Gasteiger partial charge in [0.25, 0.3) is 5.89 Å². The summed E-state index contributed by atoms with van der Waals surface area (Å²) in [6, 6.07) is 10.8. The molecule has 0 fully saturated rings. The molecule has 0 aliphatic heterocycles. The summed E-state index contributed by atoms with van der Waals surface area (Å²) in [6.07, 6.45) is 0. The van der Waals surface area contributed by atoms with E-state index in [2.05, 4.69) is 14.9 Å². The maximum atomic E-state index is 11.6. The Kier molecular flexibility index (Phi) is 5.49. The van der Waals surface area contributed by atoms with E-state index < -0.39 is 10.9 Å². The molecule has 3 rings (SSSR count). The lowest BCUT2D eigenvalue weighted by Crippen LogP contribution is -2.04. The molecule has 28 heavy (non-hydrogen) atoms. The standard InChI is InChI=1S/C18H15N3O7/c1-25-14-6-4-3-5-12(14)17-19-16(28-20-17)10-27-15-9-11(18(22)26-2)7-8-13(15)21(23)24/h3-9H,10H2,1-2H3. The lowest BCUT2D eigenvalue weighted by Gasteiger charge is -2.06. The number of nitrogens with zero attached hydrogens (tertiary/aromatic N) is 3. The number of benzene rings is 2. The van der Waals surface area contributed by atoms with E-state index in [1.807, 2.05) is 0 Å². The van der Waals surface area contributed by atoms with Crippen LogP contribution in [0.25, 0.3) is 11.4 Å². The molecule has 1 aromatic heterocycles. The molecular formula is C18H15N3O7. The second-order valence-corrected chi connectivity index (χ2v) is 5.43. The van der Waals surface area contributed by atoms with Crippen LogP contribution in [0.3, 0.4) is 0 Å². The molecule has 10 heteroatoms. The summed E-state index contributed by atoms with van der Waals surface area (Å²) in [5, 5.41) is 15.1. The van der Waals surface area contributed by atoms with Gasteiger partial charge in [0.15, 0.2) is 12.4 Å². The number of esters is 1. The van der Waals surface area contributed by atoms with Crippen LogP contribution in [0, 0.1) is 10.1 Å². The van der Waals surface area contributed by atoms with E-state index in [-0.39, 0.29) is 35.3 Å². The monoisotopic (exact) mass is 385 g/mol. The van der Waals surface area contributed by atoms with Crippen LogP contribution in [0.1, 0.15) is 16.2 Å². The van der Waals surface area contributed by atoms with Crippen molar-refractivity contribution in [2.45, 2.75) is 6.61 Å². The highest BCUT2D eigenvalue weighted by atomic mass is 16.6. The van der Waals surface area contributed by atoms with Gasteiger partial charge >= 0.3 is 11.7 Å². The van der Waals surface area contributed by atoms with Crippen LogP contribution >= 0.6 is 0 Å².